The summed E-state index contributed by atoms with van der Waals surface area (Å²) >= 11 is 11.6. The molecule has 3 aromatic rings. The van der Waals surface area contributed by atoms with Gasteiger partial charge in [-0.25, -0.2) is 9.97 Å². The minimum absolute atomic E-state index is 0.498. The first-order valence-electron chi connectivity index (χ1n) is 6.06. The van der Waals surface area contributed by atoms with E-state index in [9.17, 15) is 0 Å². The number of hydrogen-bond donors (Lipinski definition) is 0. The van der Waals surface area contributed by atoms with Crippen molar-refractivity contribution in [3.8, 4) is 22.3 Å². The topological polar surface area (TPSA) is 25.8 Å². The molecule has 0 saturated heterocycles. The molecule has 98 valence electrons. The van der Waals surface area contributed by atoms with Crippen LogP contribution in [0.1, 0.15) is 0 Å². The monoisotopic (exact) mass is 300 g/mol. The van der Waals surface area contributed by atoms with Gasteiger partial charge in [0.1, 0.15) is 10.3 Å². The highest BCUT2D eigenvalue weighted by Gasteiger charge is 2.01. The second kappa shape index (κ2) is 5.61. The van der Waals surface area contributed by atoms with Crippen molar-refractivity contribution >= 4 is 23.2 Å². The lowest BCUT2D eigenvalue weighted by molar-refractivity contribution is 1.32. The number of benzene rings is 1. The van der Waals surface area contributed by atoms with Gasteiger partial charge in [-0.1, -0.05) is 47.5 Å². The van der Waals surface area contributed by atoms with Crippen LogP contribution < -0.4 is 0 Å². The van der Waals surface area contributed by atoms with Gasteiger partial charge in [0.05, 0.1) is 0 Å². The third-order valence-electron chi connectivity index (χ3n) is 3.01. The molecule has 0 atom stereocenters. The predicted octanol–water partition coefficient (Wildman–Crippen LogP) is 5.12. The van der Waals surface area contributed by atoms with Crippen molar-refractivity contribution in [1.82, 2.24) is 9.97 Å². The summed E-state index contributed by atoms with van der Waals surface area (Å²) in [6, 6.07) is 15.7. The van der Waals surface area contributed by atoms with Crippen molar-refractivity contribution in [3.05, 3.63) is 71.2 Å². The van der Waals surface area contributed by atoms with Gasteiger partial charge in [-0.3, -0.25) is 0 Å². The Bertz CT molecular complexity index is 640. The van der Waals surface area contributed by atoms with Crippen LogP contribution in [0, 0.1) is 0 Å². The summed E-state index contributed by atoms with van der Waals surface area (Å²) in [6.07, 6.45) is 3.53. The van der Waals surface area contributed by atoms with Gasteiger partial charge in [0, 0.05) is 23.5 Å². The van der Waals surface area contributed by atoms with Crippen LogP contribution in [0.15, 0.2) is 60.9 Å². The van der Waals surface area contributed by atoms with E-state index in [-0.39, 0.29) is 0 Å². The van der Waals surface area contributed by atoms with E-state index in [0.29, 0.717) is 10.3 Å². The molecule has 0 aliphatic rings. The van der Waals surface area contributed by atoms with Gasteiger partial charge in [-0.05, 0) is 35.4 Å². The van der Waals surface area contributed by atoms with Gasteiger partial charge in [0.2, 0.25) is 0 Å². The molecule has 0 aliphatic heterocycles. The summed E-state index contributed by atoms with van der Waals surface area (Å²) in [5, 5.41) is 0.996. The molecule has 4 heteroatoms. The summed E-state index contributed by atoms with van der Waals surface area (Å²) in [6.45, 7) is 0. The van der Waals surface area contributed by atoms with E-state index in [2.05, 4.69) is 34.2 Å². The third-order valence-corrected chi connectivity index (χ3v) is 3.45. The molecule has 2 nitrogen and oxygen atoms in total. The van der Waals surface area contributed by atoms with E-state index in [0.717, 1.165) is 22.3 Å². The van der Waals surface area contributed by atoms with Crippen LogP contribution in [-0.4, -0.2) is 9.97 Å². The van der Waals surface area contributed by atoms with E-state index in [1.807, 2.05) is 12.1 Å². The van der Waals surface area contributed by atoms with Crippen LogP contribution >= 0.6 is 23.2 Å². The van der Waals surface area contributed by atoms with Crippen LogP contribution in [0.3, 0.4) is 0 Å². The lowest BCUT2D eigenvalue weighted by atomic mass is 10.0. The Morgan fingerprint density at radius 1 is 0.500 bits per heavy atom. The average molecular weight is 301 g/mol. The minimum Gasteiger partial charge on any atom is -0.244 e. The molecule has 0 saturated carbocycles. The number of rotatable bonds is 2. The quantitative estimate of drug-likeness (QED) is 0.614. The van der Waals surface area contributed by atoms with Gasteiger partial charge in [-0.15, -0.1) is 0 Å². The molecule has 2 aromatic heterocycles. The first-order chi connectivity index (χ1) is 9.72. The molecule has 0 bridgehead atoms. The lowest BCUT2D eigenvalue weighted by Crippen LogP contribution is -1.83. The lowest BCUT2D eigenvalue weighted by Gasteiger charge is -2.04. The van der Waals surface area contributed by atoms with Gasteiger partial charge >= 0.3 is 0 Å². The number of nitrogens with zero attached hydrogens (tertiary/aromatic N) is 2. The fraction of sp³-hybridized carbons (Fsp3) is 0. The van der Waals surface area contributed by atoms with Crippen LogP contribution in [0.2, 0.25) is 10.3 Å². The number of aromatic nitrogens is 2. The van der Waals surface area contributed by atoms with Crippen molar-refractivity contribution in [2.24, 2.45) is 0 Å². The highest BCUT2D eigenvalue weighted by molar-refractivity contribution is 6.29. The second-order valence-corrected chi connectivity index (χ2v) is 5.09. The summed E-state index contributed by atoms with van der Waals surface area (Å²) in [4.78, 5) is 8.17. The first-order valence-corrected chi connectivity index (χ1v) is 6.82. The summed E-state index contributed by atoms with van der Waals surface area (Å²) in [5.41, 5.74) is 4.27. The van der Waals surface area contributed by atoms with Crippen LogP contribution in [0.25, 0.3) is 22.3 Å². The van der Waals surface area contributed by atoms with E-state index in [1.54, 1.807) is 24.5 Å². The van der Waals surface area contributed by atoms with Crippen LogP contribution in [0.4, 0.5) is 0 Å². The van der Waals surface area contributed by atoms with Crippen molar-refractivity contribution in [2.45, 2.75) is 0 Å². The fourth-order valence-electron chi connectivity index (χ4n) is 1.95. The summed E-state index contributed by atoms with van der Waals surface area (Å²) in [7, 11) is 0. The van der Waals surface area contributed by atoms with E-state index >= 15 is 0 Å². The van der Waals surface area contributed by atoms with Gasteiger partial charge < -0.3 is 0 Å². The number of pyridine rings is 2. The number of halogens is 2. The molecule has 0 spiro atoms. The molecular weight excluding hydrogens is 291 g/mol. The molecule has 0 amide bonds. The highest BCUT2D eigenvalue weighted by atomic mass is 35.5. The summed E-state index contributed by atoms with van der Waals surface area (Å²) < 4.78 is 0. The van der Waals surface area contributed by atoms with Crippen molar-refractivity contribution in [2.75, 3.05) is 0 Å². The van der Waals surface area contributed by atoms with E-state index < -0.39 is 0 Å². The minimum atomic E-state index is 0.498. The molecule has 0 N–H and O–H groups in total. The smallest absolute Gasteiger partial charge is 0.129 e. The first kappa shape index (κ1) is 13.1. The zero-order valence-electron chi connectivity index (χ0n) is 10.4. The Balaban J connectivity index is 1.91. The Kier molecular flexibility index (Phi) is 3.68. The van der Waals surface area contributed by atoms with Crippen molar-refractivity contribution < 1.29 is 0 Å². The Morgan fingerprint density at radius 2 is 0.850 bits per heavy atom. The van der Waals surface area contributed by atoms with E-state index in [1.165, 1.54) is 0 Å². The SMILES string of the molecule is Clc1ccc(-c2ccc(-c3ccc(Cl)nc3)cc2)cn1. The fourth-order valence-corrected chi connectivity index (χ4v) is 2.17. The molecule has 2 heterocycles. The number of hydrogen-bond acceptors (Lipinski definition) is 2. The molecule has 20 heavy (non-hydrogen) atoms. The molecule has 1 aromatic carbocycles. The van der Waals surface area contributed by atoms with Crippen LogP contribution in [-0.2, 0) is 0 Å². The van der Waals surface area contributed by atoms with Crippen molar-refractivity contribution in [3.63, 3.8) is 0 Å². The normalized spacial score (nSPS) is 10.5. The molecule has 0 fully saturated rings. The third kappa shape index (κ3) is 2.82. The Hall–Kier alpha value is -1.90. The predicted molar refractivity (Wildman–Crippen MR) is 82.9 cm³/mol. The maximum Gasteiger partial charge on any atom is 0.129 e. The standard InChI is InChI=1S/C16H10Cl2N2/c17-15-7-5-13(9-19-15)11-1-2-12(4-3-11)14-6-8-16(18)20-10-14/h1-10H. The maximum atomic E-state index is 5.79. The Morgan fingerprint density at radius 3 is 1.15 bits per heavy atom. The van der Waals surface area contributed by atoms with Gasteiger partial charge in [0.25, 0.3) is 0 Å². The zero-order valence-corrected chi connectivity index (χ0v) is 11.9. The molecule has 0 unspecified atom stereocenters. The zero-order chi connectivity index (χ0) is 13.9. The van der Waals surface area contributed by atoms with Gasteiger partial charge in [-0.2, -0.15) is 0 Å². The highest BCUT2D eigenvalue weighted by Crippen LogP contribution is 2.25. The molecule has 3 rings (SSSR count). The van der Waals surface area contributed by atoms with Crippen molar-refractivity contribution in [1.29, 1.82) is 0 Å². The Labute approximate surface area is 127 Å². The van der Waals surface area contributed by atoms with Crippen LogP contribution in [0.5, 0.6) is 0 Å². The second-order valence-electron chi connectivity index (χ2n) is 4.32. The molecule has 0 aliphatic carbocycles. The van der Waals surface area contributed by atoms with Gasteiger partial charge in [0.15, 0.2) is 0 Å². The summed E-state index contributed by atoms with van der Waals surface area (Å²) in [5.74, 6) is 0. The molecular formula is C16H10Cl2N2. The van der Waals surface area contributed by atoms with E-state index in [4.69, 9.17) is 23.2 Å². The average Bonchev–Trinajstić information content (AvgIpc) is 2.49. The largest absolute Gasteiger partial charge is 0.244 e. The molecule has 0 radical (unpaired) electrons. The maximum absolute atomic E-state index is 5.79.